The average molecular weight is 387 g/mol. The highest BCUT2D eigenvalue weighted by molar-refractivity contribution is 5.82. The molecule has 2 aliphatic heterocycles. The Morgan fingerprint density at radius 1 is 1.00 bits per heavy atom. The molecular formula is C21H29N3O4. The van der Waals surface area contributed by atoms with E-state index < -0.39 is 6.10 Å². The van der Waals surface area contributed by atoms with Crippen LogP contribution in [-0.2, 0) is 9.59 Å². The second kappa shape index (κ2) is 8.82. The predicted octanol–water partition coefficient (Wildman–Crippen LogP) is 1.42. The summed E-state index contributed by atoms with van der Waals surface area (Å²) in [5.74, 6) is 1.36. The van der Waals surface area contributed by atoms with Gasteiger partial charge in [0.05, 0.1) is 6.54 Å². The molecule has 3 aliphatic rings. The van der Waals surface area contributed by atoms with E-state index in [1.807, 2.05) is 29.2 Å². The Kier molecular flexibility index (Phi) is 6.00. The van der Waals surface area contributed by atoms with Gasteiger partial charge in [-0.3, -0.25) is 14.5 Å². The minimum Gasteiger partial charge on any atom is -0.485 e. The number of para-hydroxylation sites is 2. The molecule has 1 saturated heterocycles. The van der Waals surface area contributed by atoms with Gasteiger partial charge in [-0.05, 0) is 25.0 Å². The Bertz CT molecular complexity index is 697. The molecule has 7 nitrogen and oxygen atoms in total. The number of hydrogen-bond donors (Lipinski definition) is 1. The number of ether oxygens (including phenoxy) is 2. The summed E-state index contributed by atoms with van der Waals surface area (Å²) in [6.45, 7) is 3.27. The van der Waals surface area contributed by atoms with Crippen LogP contribution in [0.5, 0.6) is 11.5 Å². The Balaban J connectivity index is 1.22. The van der Waals surface area contributed by atoms with E-state index in [1.54, 1.807) is 0 Å². The second-order valence-electron chi connectivity index (χ2n) is 7.87. The van der Waals surface area contributed by atoms with Crippen LogP contribution in [0.15, 0.2) is 24.3 Å². The SMILES string of the molecule is O=C(CN1CCN(C(=O)C2COc3ccccc3O2)CC1)NC1CCCCC1. The van der Waals surface area contributed by atoms with Crippen molar-refractivity contribution in [2.45, 2.75) is 44.2 Å². The fourth-order valence-corrected chi connectivity index (χ4v) is 4.19. The van der Waals surface area contributed by atoms with Crippen LogP contribution >= 0.6 is 0 Å². The summed E-state index contributed by atoms with van der Waals surface area (Å²) < 4.78 is 11.5. The van der Waals surface area contributed by atoms with Crippen molar-refractivity contribution in [2.75, 3.05) is 39.3 Å². The Morgan fingerprint density at radius 3 is 2.46 bits per heavy atom. The highest BCUT2D eigenvalue weighted by Crippen LogP contribution is 2.31. The van der Waals surface area contributed by atoms with Gasteiger partial charge in [0.2, 0.25) is 12.0 Å². The topological polar surface area (TPSA) is 71.1 Å². The molecule has 0 aromatic heterocycles. The lowest BCUT2D eigenvalue weighted by Gasteiger charge is -2.37. The van der Waals surface area contributed by atoms with Crippen LogP contribution < -0.4 is 14.8 Å². The van der Waals surface area contributed by atoms with Crippen LogP contribution in [0.25, 0.3) is 0 Å². The zero-order chi connectivity index (χ0) is 19.3. The lowest BCUT2D eigenvalue weighted by atomic mass is 9.95. The van der Waals surface area contributed by atoms with Crippen molar-refractivity contribution in [2.24, 2.45) is 0 Å². The van der Waals surface area contributed by atoms with Crippen molar-refractivity contribution in [3.8, 4) is 11.5 Å². The Morgan fingerprint density at radius 2 is 1.71 bits per heavy atom. The molecule has 1 N–H and O–H groups in total. The number of carbonyl (C=O) groups is 2. The highest BCUT2D eigenvalue weighted by atomic mass is 16.6. The van der Waals surface area contributed by atoms with E-state index in [0.29, 0.717) is 50.3 Å². The molecule has 1 atom stereocenters. The van der Waals surface area contributed by atoms with Gasteiger partial charge in [-0.2, -0.15) is 0 Å². The predicted molar refractivity (Wildman–Crippen MR) is 104 cm³/mol. The molecule has 0 bridgehead atoms. The summed E-state index contributed by atoms with van der Waals surface area (Å²) in [7, 11) is 0. The largest absolute Gasteiger partial charge is 0.485 e. The first kappa shape index (κ1) is 19.1. The number of fused-ring (bicyclic) bond motifs is 1. The third kappa shape index (κ3) is 4.58. The van der Waals surface area contributed by atoms with Crippen molar-refractivity contribution >= 4 is 11.8 Å². The van der Waals surface area contributed by atoms with Gasteiger partial charge in [-0.1, -0.05) is 31.4 Å². The van der Waals surface area contributed by atoms with Crippen molar-refractivity contribution in [1.29, 1.82) is 0 Å². The number of amides is 2. The van der Waals surface area contributed by atoms with Crippen LogP contribution in [0, 0.1) is 0 Å². The van der Waals surface area contributed by atoms with Crippen molar-refractivity contribution in [1.82, 2.24) is 15.1 Å². The number of rotatable bonds is 4. The fourth-order valence-electron chi connectivity index (χ4n) is 4.19. The molecule has 7 heteroatoms. The molecule has 2 heterocycles. The fraction of sp³-hybridized carbons (Fsp3) is 0.619. The van der Waals surface area contributed by atoms with Crippen molar-refractivity contribution < 1.29 is 19.1 Å². The van der Waals surface area contributed by atoms with Crippen LogP contribution in [0.2, 0.25) is 0 Å². The first-order valence-corrected chi connectivity index (χ1v) is 10.4. The molecule has 1 aliphatic carbocycles. The zero-order valence-corrected chi connectivity index (χ0v) is 16.3. The lowest BCUT2D eigenvalue weighted by molar-refractivity contribution is -0.143. The Hall–Kier alpha value is -2.28. The van der Waals surface area contributed by atoms with E-state index >= 15 is 0 Å². The quantitative estimate of drug-likeness (QED) is 0.846. The number of carbonyl (C=O) groups excluding carboxylic acids is 2. The summed E-state index contributed by atoms with van der Waals surface area (Å²) in [4.78, 5) is 29.0. The maximum atomic E-state index is 12.8. The summed E-state index contributed by atoms with van der Waals surface area (Å²) >= 11 is 0. The highest BCUT2D eigenvalue weighted by Gasteiger charge is 2.33. The molecule has 2 amide bonds. The minimum absolute atomic E-state index is 0.0409. The molecule has 2 fully saturated rings. The maximum Gasteiger partial charge on any atom is 0.267 e. The number of benzene rings is 1. The third-order valence-corrected chi connectivity index (χ3v) is 5.81. The van der Waals surface area contributed by atoms with Crippen LogP contribution in [0.4, 0.5) is 0 Å². The van der Waals surface area contributed by atoms with Gasteiger partial charge in [0.1, 0.15) is 6.61 Å². The first-order valence-electron chi connectivity index (χ1n) is 10.4. The van der Waals surface area contributed by atoms with Gasteiger partial charge in [0.25, 0.3) is 5.91 Å². The third-order valence-electron chi connectivity index (χ3n) is 5.81. The molecule has 28 heavy (non-hydrogen) atoms. The van der Waals surface area contributed by atoms with E-state index in [4.69, 9.17) is 9.47 Å². The smallest absolute Gasteiger partial charge is 0.267 e. The molecule has 1 unspecified atom stereocenters. The van der Waals surface area contributed by atoms with Gasteiger partial charge in [0.15, 0.2) is 11.5 Å². The van der Waals surface area contributed by atoms with Gasteiger partial charge in [-0.25, -0.2) is 0 Å². The normalized spacial score (nSPS) is 23.3. The van der Waals surface area contributed by atoms with E-state index in [2.05, 4.69) is 10.2 Å². The molecule has 152 valence electrons. The summed E-state index contributed by atoms with van der Waals surface area (Å²) in [6.07, 6.45) is 5.30. The van der Waals surface area contributed by atoms with Crippen molar-refractivity contribution in [3.63, 3.8) is 0 Å². The van der Waals surface area contributed by atoms with E-state index in [1.165, 1.54) is 19.3 Å². The van der Waals surface area contributed by atoms with Crippen molar-refractivity contribution in [3.05, 3.63) is 24.3 Å². The monoisotopic (exact) mass is 387 g/mol. The summed E-state index contributed by atoms with van der Waals surface area (Å²) in [5, 5.41) is 3.16. The number of piperazine rings is 1. The molecule has 1 saturated carbocycles. The van der Waals surface area contributed by atoms with E-state index in [9.17, 15) is 9.59 Å². The Labute approximate surface area is 166 Å². The molecule has 0 radical (unpaired) electrons. The minimum atomic E-state index is -0.601. The zero-order valence-electron chi connectivity index (χ0n) is 16.3. The second-order valence-corrected chi connectivity index (χ2v) is 7.87. The molecule has 1 aromatic carbocycles. The number of nitrogens with one attached hydrogen (secondary N) is 1. The summed E-state index contributed by atoms with van der Waals surface area (Å²) in [5.41, 5.74) is 0. The van der Waals surface area contributed by atoms with E-state index in [-0.39, 0.29) is 18.4 Å². The number of hydrogen-bond acceptors (Lipinski definition) is 5. The molecule has 0 spiro atoms. The lowest BCUT2D eigenvalue weighted by Crippen LogP contribution is -2.55. The standard InChI is InChI=1S/C21H29N3O4/c25-20(22-16-6-2-1-3-7-16)14-23-10-12-24(13-11-23)21(26)19-15-27-17-8-4-5-9-18(17)28-19/h4-5,8-9,16,19H,1-3,6-7,10-15H2,(H,22,25). The van der Waals surface area contributed by atoms with Gasteiger partial charge < -0.3 is 19.7 Å². The first-order chi connectivity index (χ1) is 13.7. The van der Waals surface area contributed by atoms with Gasteiger partial charge in [0, 0.05) is 32.2 Å². The van der Waals surface area contributed by atoms with Crippen LogP contribution in [-0.4, -0.2) is 73.1 Å². The van der Waals surface area contributed by atoms with Gasteiger partial charge in [-0.15, -0.1) is 0 Å². The molecule has 1 aromatic rings. The maximum absolute atomic E-state index is 12.8. The average Bonchev–Trinajstić information content (AvgIpc) is 2.74. The molecular weight excluding hydrogens is 358 g/mol. The molecule has 4 rings (SSSR count). The van der Waals surface area contributed by atoms with Crippen LogP contribution in [0.3, 0.4) is 0 Å². The van der Waals surface area contributed by atoms with Crippen LogP contribution in [0.1, 0.15) is 32.1 Å². The van der Waals surface area contributed by atoms with E-state index in [0.717, 1.165) is 12.8 Å². The summed E-state index contributed by atoms with van der Waals surface area (Å²) in [6, 6.07) is 7.75. The number of nitrogens with zero attached hydrogens (tertiary/aromatic N) is 2. The van der Waals surface area contributed by atoms with Gasteiger partial charge >= 0.3 is 0 Å².